The molecule has 0 fully saturated rings. The minimum atomic E-state index is -1.08. The number of hydrogen-bond donors (Lipinski definition) is 2. The van der Waals surface area contributed by atoms with Gasteiger partial charge in [0.1, 0.15) is 0 Å². The number of hydrogen-bond acceptors (Lipinski definition) is 2. The van der Waals surface area contributed by atoms with Crippen LogP contribution in [0.4, 0.5) is 0 Å². The van der Waals surface area contributed by atoms with Crippen molar-refractivity contribution in [1.29, 1.82) is 0 Å². The average molecular weight is 213 g/mol. The molecular weight excluding hydrogens is 203 g/mol. The Bertz CT molecular complexity index is 99.1. The van der Waals surface area contributed by atoms with Crippen LogP contribution in [0.5, 0.6) is 0 Å². The second kappa shape index (κ2) is 12.1. The quantitative estimate of drug-likeness (QED) is 0.575. The number of aliphatic carboxylic acids is 2. The topological polar surface area (TPSA) is 138 Å². The van der Waals surface area contributed by atoms with Gasteiger partial charge in [-0.15, -0.1) is 0 Å². The van der Waals surface area contributed by atoms with Gasteiger partial charge in [-0.2, -0.15) is 0 Å². The van der Waals surface area contributed by atoms with Crippen LogP contribution in [-0.2, 0) is 26.4 Å². The molecule has 0 aliphatic carbocycles. The first-order chi connectivity index (χ1) is 3.63. The molecule has 0 aromatic heterocycles. The molecule has 0 aromatic carbocycles. The van der Waals surface area contributed by atoms with Gasteiger partial charge in [-0.25, -0.2) is 0 Å². The number of rotatable bonds is 3. The molecule has 0 aliphatic heterocycles. The predicted octanol–water partition coefficient (Wildman–Crippen LogP) is -1.72. The largest absolute Gasteiger partial charge is 0.481 e. The third-order valence-corrected chi connectivity index (χ3v) is 0.553. The Morgan fingerprint density at radius 3 is 1.18 bits per heavy atom. The van der Waals surface area contributed by atoms with E-state index in [1.807, 2.05) is 0 Å². The van der Waals surface area contributed by atoms with Gasteiger partial charge in [0.2, 0.25) is 0 Å². The molecule has 71 valence electrons. The third-order valence-electron chi connectivity index (χ3n) is 0.553. The van der Waals surface area contributed by atoms with Gasteiger partial charge in [-0.05, 0) is 0 Å². The van der Waals surface area contributed by atoms with E-state index in [1.165, 1.54) is 0 Å². The average Bonchev–Trinajstić information content (AvgIpc) is 1.61. The zero-order chi connectivity index (χ0) is 6.57. The van der Waals surface area contributed by atoms with Crippen molar-refractivity contribution < 1.29 is 47.5 Å². The maximum Gasteiger partial charge on any atom is 0.303 e. The fourth-order valence-corrected chi connectivity index (χ4v) is 0.214. The van der Waals surface area contributed by atoms with Crippen LogP contribution in [-0.4, -0.2) is 33.1 Å². The first-order valence-corrected chi connectivity index (χ1v) is 2.06. The summed E-state index contributed by atoms with van der Waals surface area (Å²) in [4.78, 5) is 19.3. The van der Waals surface area contributed by atoms with Crippen molar-refractivity contribution in [1.82, 2.24) is 0 Å². The van der Waals surface area contributed by atoms with Crippen LogP contribution in [0.3, 0.4) is 0 Å². The Labute approximate surface area is 73.0 Å². The van der Waals surface area contributed by atoms with Crippen LogP contribution >= 0.6 is 0 Å². The van der Waals surface area contributed by atoms with Crippen molar-refractivity contribution in [3.8, 4) is 0 Å². The second-order valence-electron chi connectivity index (χ2n) is 1.29. The molecule has 0 aromatic rings. The van der Waals surface area contributed by atoms with Gasteiger partial charge in [-0.1, -0.05) is 0 Å². The molecule has 0 rings (SSSR count). The number of carbonyl (C=O) groups is 2. The number of carboxylic acid groups (broad SMARTS) is 2. The summed E-state index contributed by atoms with van der Waals surface area (Å²) in [7, 11) is 0. The summed E-state index contributed by atoms with van der Waals surface area (Å²) in [5.41, 5.74) is 0. The van der Waals surface area contributed by atoms with Crippen molar-refractivity contribution in [2.24, 2.45) is 0 Å². The smallest absolute Gasteiger partial charge is 0.303 e. The van der Waals surface area contributed by atoms with Crippen LogP contribution in [0.15, 0.2) is 0 Å². The molecule has 0 aliphatic rings. The van der Waals surface area contributed by atoms with Gasteiger partial charge in [0.05, 0.1) is 12.8 Å². The summed E-state index contributed by atoms with van der Waals surface area (Å²) in [5, 5.41) is 15.8. The molecule has 6 N–H and O–H groups in total. The molecule has 6 nitrogen and oxygen atoms in total. The van der Waals surface area contributed by atoms with Crippen molar-refractivity contribution in [3.05, 3.63) is 0 Å². The maximum atomic E-state index is 9.64. The van der Waals surface area contributed by atoms with Gasteiger partial charge >= 0.3 is 11.9 Å². The van der Waals surface area contributed by atoms with E-state index in [0.717, 1.165) is 0 Å². The Hall–Kier alpha value is -0.634. The molecule has 0 spiro atoms. The zero-order valence-corrected chi connectivity index (χ0v) is 6.50. The van der Waals surface area contributed by atoms with Crippen molar-refractivity contribution in [3.63, 3.8) is 0 Å². The molecule has 0 atom stereocenters. The standard InChI is InChI=1S/C4H6O4.Co.2H2O/c5-3(6)1-2-4(7)8;;;/h1-2H2,(H,5,6)(H,7,8);;2*1H2. The maximum absolute atomic E-state index is 9.64. The Morgan fingerprint density at radius 1 is 0.909 bits per heavy atom. The molecule has 0 unspecified atom stereocenters. The van der Waals surface area contributed by atoms with E-state index in [0.29, 0.717) is 0 Å². The second-order valence-corrected chi connectivity index (χ2v) is 1.29. The zero-order valence-electron chi connectivity index (χ0n) is 5.46. The van der Waals surface area contributed by atoms with E-state index in [2.05, 4.69) is 0 Å². The normalized spacial score (nSPS) is 6.18. The minimum absolute atomic E-state index is 0. The molecule has 0 heterocycles. The first kappa shape index (κ1) is 22.4. The molecule has 0 amide bonds. The predicted molar refractivity (Wildman–Crippen MR) is 31.7 cm³/mol. The molecule has 0 saturated carbocycles. The fourth-order valence-electron chi connectivity index (χ4n) is 0.214. The third kappa shape index (κ3) is 26.7. The van der Waals surface area contributed by atoms with Gasteiger partial charge in [0.25, 0.3) is 0 Å². The summed E-state index contributed by atoms with van der Waals surface area (Å²) < 4.78 is 0. The van der Waals surface area contributed by atoms with E-state index in [4.69, 9.17) is 10.2 Å². The van der Waals surface area contributed by atoms with Gasteiger partial charge in [0.15, 0.2) is 0 Å². The molecule has 11 heavy (non-hydrogen) atoms. The Morgan fingerprint density at radius 2 is 1.09 bits per heavy atom. The monoisotopic (exact) mass is 213 g/mol. The van der Waals surface area contributed by atoms with Gasteiger partial charge < -0.3 is 21.2 Å². The summed E-state index contributed by atoms with van der Waals surface area (Å²) in [6, 6.07) is 0. The SMILES string of the molecule is O.O.O=C(O)CCC(=O)O.[Co]. The molecule has 7 heteroatoms. The van der Waals surface area contributed by atoms with Crippen molar-refractivity contribution in [2.45, 2.75) is 12.8 Å². The minimum Gasteiger partial charge on any atom is -0.481 e. The van der Waals surface area contributed by atoms with E-state index in [1.54, 1.807) is 0 Å². The van der Waals surface area contributed by atoms with Gasteiger partial charge in [0, 0.05) is 16.8 Å². The van der Waals surface area contributed by atoms with E-state index < -0.39 is 11.9 Å². The van der Waals surface area contributed by atoms with Crippen LogP contribution in [0.2, 0.25) is 0 Å². The van der Waals surface area contributed by atoms with Crippen LogP contribution < -0.4 is 0 Å². The Kier molecular flexibility index (Phi) is 24.6. The molecule has 0 saturated heterocycles. The van der Waals surface area contributed by atoms with E-state index in [9.17, 15) is 9.59 Å². The van der Waals surface area contributed by atoms with Crippen LogP contribution in [0.1, 0.15) is 12.8 Å². The summed E-state index contributed by atoms with van der Waals surface area (Å²) in [6.45, 7) is 0. The number of carboxylic acids is 2. The molecule has 1 radical (unpaired) electrons. The first-order valence-electron chi connectivity index (χ1n) is 2.06. The van der Waals surface area contributed by atoms with E-state index in [-0.39, 0.29) is 40.6 Å². The summed E-state index contributed by atoms with van der Waals surface area (Å²) in [6.07, 6.45) is -0.593. The van der Waals surface area contributed by atoms with Crippen LogP contribution in [0, 0.1) is 0 Å². The van der Waals surface area contributed by atoms with E-state index >= 15 is 0 Å². The van der Waals surface area contributed by atoms with Crippen molar-refractivity contribution in [2.75, 3.05) is 0 Å². The molecule has 0 bridgehead atoms. The molecular formula is C4H10CoO6. The van der Waals surface area contributed by atoms with Crippen molar-refractivity contribution >= 4 is 11.9 Å². The fraction of sp³-hybridized carbons (Fsp3) is 0.500. The Balaban J connectivity index is -0.0000000817. The van der Waals surface area contributed by atoms with Gasteiger partial charge in [-0.3, -0.25) is 9.59 Å². The van der Waals surface area contributed by atoms with Crippen LogP contribution in [0.25, 0.3) is 0 Å². The summed E-state index contributed by atoms with van der Waals surface area (Å²) in [5.74, 6) is -2.15. The summed E-state index contributed by atoms with van der Waals surface area (Å²) >= 11 is 0.